The molecule has 3 rings (SSSR count). The van der Waals surface area contributed by atoms with Gasteiger partial charge in [0.15, 0.2) is 0 Å². The van der Waals surface area contributed by atoms with Gasteiger partial charge in [0.05, 0.1) is 15.6 Å². The second kappa shape index (κ2) is 9.78. The molecule has 0 bridgehead atoms. The van der Waals surface area contributed by atoms with Gasteiger partial charge in [0, 0.05) is 44.8 Å². The van der Waals surface area contributed by atoms with Gasteiger partial charge in [-0.3, -0.25) is 25.3 Å². The highest BCUT2D eigenvalue weighted by atomic mass is 35.5. The monoisotopic (exact) mass is 420 g/mol. The number of benzene rings is 2. The molecular formula is C20H22Cl2N4O2. The predicted molar refractivity (Wildman–Crippen MR) is 112 cm³/mol. The summed E-state index contributed by atoms with van der Waals surface area (Å²) in [4.78, 5) is 28.8. The minimum absolute atomic E-state index is 0.142. The van der Waals surface area contributed by atoms with Gasteiger partial charge in [-0.1, -0.05) is 47.5 Å². The zero-order valence-corrected chi connectivity index (χ0v) is 16.8. The summed E-state index contributed by atoms with van der Waals surface area (Å²) in [5.41, 5.74) is 6.14. The molecule has 2 N–H and O–H groups in total. The van der Waals surface area contributed by atoms with E-state index in [1.165, 1.54) is 5.69 Å². The third kappa shape index (κ3) is 5.38. The molecule has 1 aliphatic heterocycles. The van der Waals surface area contributed by atoms with E-state index in [0.29, 0.717) is 13.0 Å². The largest absolute Gasteiger partial charge is 0.369 e. The number of nitrogens with one attached hydrogen (secondary N) is 2. The first-order valence-electron chi connectivity index (χ1n) is 9.10. The van der Waals surface area contributed by atoms with Crippen molar-refractivity contribution in [3.8, 4) is 0 Å². The van der Waals surface area contributed by atoms with Gasteiger partial charge in [-0.2, -0.15) is 0 Å². The Morgan fingerprint density at radius 3 is 2.14 bits per heavy atom. The molecule has 2 amide bonds. The number of carbonyl (C=O) groups excluding carboxylic acids is 2. The van der Waals surface area contributed by atoms with Crippen LogP contribution in [0.2, 0.25) is 10.0 Å². The van der Waals surface area contributed by atoms with Crippen molar-refractivity contribution >= 4 is 40.7 Å². The van der Waals surface area contributed by atoms with E-state index in [0.717, 1.165) is 26.2 Å². The summed E-state index contributed by atoms with van der Waals surface area (Å²) >= 11 is 12.0. The third-order valence-corrected chi connectivity index (χ3v) is 5.28. The van der Waals surface area contributed by atoms with E-state index in [1.54, 1.807) is 18.2 Å². The molecule has 0 radical (unpaired) electrons. The molecule has 2 aromatic carbocycles. The topological polar surface area (TPSA) is 64.7 Å². The smallest absolute Gasteiger partial charge is 0.272 e. The van der Waals surface area contributed by atoms with E-state index in [2.05, 4.69) is 32.8 Å². The van der Waals surface area contributed by atoms with Gasteiger partial charge in [-0.15, -0.1) is 0 Å². The Kier molecular flexibility index (Phi) is 7.14. The van der Waals surface area contributed by atoms with E-state index >= 15 is 0 Å². The second-order valence-corrected chi connectivity index (χ2v) is 7.33. The van der Waals surface area contributed by atoms with Crippen LogP contribution >= 0.6 is 23.2 Å². The molecule has 0 unspecified atom stereocenters. The van der Waals surface area contributed by atoms with Gasteiger partial charge in [0.25, 0.3) is 5.91 Å². The number of carbonyl (C=O) groups is 2. The molecular weight excluding hydrogens is 399 g/mol. The number of amides is 2. The highest BCUT2D eigenvalue weighted by Gasteiger charge is 2.18. The van der Waals surface area contributed by atoms with E-state index in [4.69, 9.17) is 23.2 Å². The maximum Gasteiger partial charge on any atom is 0.272 e. The summed E-state index contributed by atoms with van der Waals surface area (Å²) < 4.78 is 0. The van der Waals surface area contributed by atoms with Crippen LogP contribution in [0, 0.1) is 0 Å². The fourth-order valence-corrected chi connectivity index (χ4v) is 3.66. The number of halogens is 2. The summed E-state index contributed by atoms with van der Waals surface area (Å²) in [5.74, 6) is -0.803. The zero-order chi connectivity index (χ0) is 19.9. The van der Waals surface area contributed by atoms with E-state index in [1.807, 2.05) is 18.2 Å². The quantitative estimate of drug-likeness (QED) is 0.729. The summed E-state index contributed by atoms with van der Waals surface area (Å²) in [7, 11) is 0. The Bertz CT molecular complexity index is 804. The first-order chi connectivity index (χ1) is 13.5. The molecule has 1 saturated heterocycles. The molecule has 0 aliphatic carbocycles. The van der Waals surface area contributed by atoms with Crippen LogP contribution in [-0.2, 0) is 4.79 Å². The van der Waals surface area contributed by atoms with Crippen LogP contribution in [-0.4, -0.2) is 49.4 Å². The van der Waals surface area contributed by atoms with E-state index in [9.17, 15) is 9.59 Å². The number of rotatable bonds is 5. The maximum absolute atomic E-state index is 12.2. The lowest BCUT2D eigenvalue weighted by atomic mass is 10.2. The van der Waals surface area contributed by atoms with Crippen LogP contribution in [0.3, 0.4) is 0 Å². The Labute approximate surface area is 174 Å². The molecule has 148 valence electrons. The Hall–Kier alpha value is -2.28. The third-order valence-electron chi connectivity index (χ3n) is 4.65. The van der Waals surface area contributed by atoms with Crippen LogP contribution < -0.4 is 15.8 Å². The molecule has 0 saturated carbocycles. The fraction of sp³-hybridized carbons (Fsp3) is 0.300. The van der Waals surface area contributed by atoms with Crippen LogP contribution in [0.1, 0.15) is 16.8 Å². The summed E-state index contributed by atoms with van der Waals surface area (Å²) in [6.45, 7) is 4.27. The van der Waals surface area contributed by atoms with Gasteiger partial charge in [-0.05, 0) is 24.3 Å². The second-order valence-electron chi connectivity index (χ2n) is 6.51. The number of anilines is 1. The lowest BCUT2D eigenvalue weighted by Crippen LogP contribution is -2.48. The van der Waals surface area contributed by atoms with Crippen LogP contribution in [0.4, 0.5) is 5.69 Å². The van der Waals surface area contributed by atoms with Gasteiger partial charge in [0.2, 0.25) is 5.91 Å². The number of hydrazine groups is 1. The average Bonchev–Trinajstić information content (AvgIpc) is 2.71. The summed E-state index contributed by atoms with van der Waals surface area (Å²) in [5, 5.41) is 0.464. The highest BCUT2D eigenvalue weighted by molar-refractivity contribution is 6.39. The molecule has 0 spiro atoms. The van der Waals surface area contributed by atoms with Crippen LogP contribution in [0.15, 0.2) is 48.5 Å². The van der Waals surface area contributed by atoms with Crippen LogP contribution in [0.5, 0.6) is 0 Å². The standard InChI is InChI=1S/C20H22Cl2N4O2/c21-16-7-4-8-17(22)19(16)20(28)24-23-18(27)9-10-25-11-13-26(14-12-25)15-5-2-1-3-6-15/h1-8H,9-14H2,(H,23,27)(H,24,28). The van der Waals surface area contributed by atoms with Gasteiger partial charge in [-0.25, -0.2) is 0 Å². The van der Waals surface area contributed by atoms with Crippen molar-refractivity contribution in [2.75, 3.05) is 37.6 Å². The van der Waals surface area contributed by atoms with Crippen molar-refractivity contribution in [2.45, 2.75) is 6.42 Å². The van der Waals surface area contributed by atoms with Crippen molar-refractivity contribution in [1.82, 2.24) is 15.8 Å². The normalized spacial score (nSPS) is 14.6. The lowest BCUT2D eigenvalue weighted by Gasteiger charge is -2.36. The van der Waals surface area contributed by atoms with Crippen LogP contribution in [0.25, 0.3) is 0 Å². The van der Waals surface area contributed by atoms with Crippen molar-refractivity contribution in [3.63, 3.8) is 0 Å². The number of para-hydroxylation sites is 1. The number of nitrogens with zero attached hydrogens (tertiary/aromatic N) is 2. The molecule has 1 heterocycles. The van der Waals surface area contributed by atoms with Crippen molar-refractivity contribution in [2.24, 2.45) is 0 Å². The lowest BCUT2D eigenvalue weighted by molar-refractivity contribution is -0.122. The summed E-state index contributed by atoms with van der Waals surface area (Å²) in [6.07, 6.45) is 0.294. The Balaban J connectivity index is 1.39. The van der Waals surface area contributed by atoms with Gasteiger partial charge in [0.1, 0.15) is 0 Å². The molecule has 2 aromatic rings. The zero-order valence-electron chi connectivity index (χ0n) is 15.3. The predicted octanol–water partition coefficient (Wildman–Crippen LogP) is 2.97. The van der Waals surface area contributed by atoms with Gasteiger partial charge < -0.3 is 4.90 Å². The molecule has 0 aromatic heterocycles. The molecule has 8 heteroatoms. The molecule has 6 nitrogen and oxygen atoms in total. The Morgan fingerprint density at radius 1 is 0.857 bits per heavy atom. The SMILES string of the molecule is O=C(CCN1CCN(c2ccccc2)CC1)NNC(=O)c1c(Cl)cccc1Cl. The summed E-state index contributed by atoms with van der Waals surface area (Å²) in [6, 6.07) is 15.1. The van der Waals surface area contributed by atoms with Crippen molar-refractivity contribution < 1.29 is 9.59 Å². The molecule has 1 aliphatic rings. The number of hydrogen-bond acceptors (Lipinski definition) is 4. The number of piperazine rings is 1. The average molecular weight is 421 g/mol. The maximum atomic E-state index is 12.2. The Morgan fingerprint density at radius 2 is 1.50 bits per heavy atom. The highest BCUT2D eigenvalue weighted by Crippen LogP contribution is 2.23. The minimum Gasteiger partial charge on any atom is -0.369 e. The first kappa shape index (κ1) is 20.5. The first-order valence-corrected chi connectivity index (χ1v) is 9.86. The van der Waals surface area contributed by atoms with E-state index in [-0.39, 0.29) is 21.5 Å². The molecule has 0 atom stereocenters. The minimum atomic E-state index is -0.541. The molecule has 1 fully saturated rings. The fourth-order valence-electron chi connectivity index (χ4n) is 3.09. The van der Waals surface area contributed by atoms with Crippen molar-refractivity contribution in [3.05, 3.63) is 64.1 Å². The van der Waals surface area contributed by atoms with Crippen molar-refractivity contribution in [1.29, 1.82) is 0 Å². The van der Waals surface area contributed by atoms with Gasteiger partial charge >= 0.3 is 0 Å². The molecule has 28 heavy (non-hydrogen) atoms. The van der Waals surface area contributed by atoms with E-state index < -0.39 is 5.91 Å². The number of hydrogen-bond donors (Lipinski definition) is 2.